The van der Waals surface area contributed by atoms with Crippen molar-refractivity contribution in [3.8, 4) is 22.4 Å². The smallest absolute Gasteiger partial charge is 0.188 e. The minimum absolute atomic E-state index is 0.0685. The van der Waals surface area contributed by atoms with Crippen LogP contribution in [-0.4, -0.2) is 0 Å². The van der Waals surface area contributed by atoms with E-state index in [4.69, 9.17) is 0 Å². The van der Waals surface area contributed by atoms with E-state index in [0.717, 1.165) is 12.8 Å². The Morgan fingerprint density at radius 1 is 0.846 bits per heavy atom. The summed E-state index contributed by atoms with van der Waals surface area (Å²) in [6.07, 6.45) is 4.42. The van der Waals surface area contributed by atoms with Crippen LogP contribution in [0, 0.1) is 6.92 Å². The molecule has 1 aromatic heterocycles. The van der Waals surface area contributed by atoms with Gasteiger partial charge in [0.05, 0.1) is 5.56 Å². The summed E-state index contributed by atoms with van der Waals surface area (Å²) in [6.45, 7) is 11.3. The van der Waals surface area contributed by atoms with Gasteiger partial charge in [0.25, 0.3) is 0 Å². The number of allylic oxidation sites excluding steroid dienone is 1. The molecule has 2 aromatic carbocycles. The zero-order chi connectivity index (χ0) is 18.3. The largest absolute Gasteiger partial charge is 0.214 e. The topological polar surface area (TPSA) is 3.88 Å². The third-order valence-electron chi connectivity index (χ3n) is 6.10. The lowest BCUT2D eigenvalue weighted by Gasteiger charge is -2.35. The van der Waals surface area contributed by atoms with Gasteiger partial charge in [0.2, 0.25) is 5.69 Å². The van der Waals surface area contributed by atoms with Crippen molar-refractivity contribution in [1.29, 1.82) is 0 Å². The van der Waals surface area contributed by atoms with Crippen molar-refractivity contribution in [2.75, 3.05) is 0 Å². The van der Waals surface area contributed by atoms with Crippen LogP contribution >= 0.6 is 0 Å². The molecule has 0 atom stereocenters. The van der Waals surface area contributed by atoms with E-state index in [2.05, 4.69) is 98.8 Å². The number of hydrogen-bond donors (Lipinski definition) is 0. The molecule has 0 fully saturated rings. The molecule has 0 saturated carbocycles. The van der Waals surface area contributed by atoms with Crippen molar-refractivity contribution in [1.82, 2.24) is 0 Å². The highest BCUT2D eigenvalue weighted by molar-refractivity contribution is 5.83. The predicted molar refractivity (Wildman–Crippen MR) is 110 cm³/mol. The van der Waals surface area contributed by atoms with E-state index < -0.39 is 0 Å². The Balaban J connectivity index is 2.06. The molecule has 130 valence electrons. The number of fused-ring (bicyclic) bond motifs is 3. The standard InChI is InChI=1S/C25H26N/c1-5-25(6-2)19(4)21-14-10-11-15-22(21)24-16-18(3)23(17-26(24)25)20-12-8-7-9-13-20/h7-17H,4-6H2,1-3H3/q+1. The summed E-state index contributed by atoms with van der Waals surface area (Å²) < 4.78 is 2.49. The number of aromatic nitrogens is 1. The van der Waals surface area contributed by atoms with Gasteiger partial charge in [0.15, 0.2) is 11.7 Å². The molecule has 1 heteroatoms. The van der Waals surface area contributed by atoms with Gasteiger partial charge in [-0.2, -0.15) is 4.57 Å². The maximum atomic E-state index is 4.55. The molecule has 1 nitrogen and oxygen atoms in total. The van der Waals surface area contributed by atoms with Gasteiger partial charge in [-0.3, -0.25) is 0 Å². The quantitative estimate of drug-likeness (QED) is 0.503. The fraction of sp³-hybridized carbons (Fsp3) is 0.240. The number of hydrogen-bond acceptors (Lipinski definition) is 0. The fourth-order valence-electron chi connectivity index (χ4n) is 4.52. The second-order valence-corrected chi connectivity index (χ2v) is 7.25. The molecule has 0 amide bonds. The van der Waals surface area contributed by atoms with E-state index in [0.29, 0.717) is 0 Å². The molecule has 3 aromatic rings. The first-order valence-corrected chi connectivity index (χ1v) is 9.53. The van der Waals surface area contributed by atoms with Gasteiger partial charge in [0.1, 0.15) is 0 Å². The third-order valence-corrected chi connectivity index (χ3v) is 6.10. The third kappa shape index (κ3) is 2.27. The van der Waals surface area contributed by atoms with Crippen LogP contribution in [0.4, 0.5) is 0 Å². The highest BCUT2D eigenvalue weighted by atomic mass is 15.1. The summed E-state index contributed by atoms with van der Waals surface area (Å²) in [4.78, 5) is 0. The SMILES string of the molecule is C=C1c2ccccc2-c2cc(C)c(-c3ccccc3)c[n+]2C1(CC)CC. The highest BCUT2D eigenvalue weighted by Crippen LogP contribution is 2.44. The van der Waals surface area contributed by atoms with Crippen molar-refractivity contribution in [3.05, 3.63) is 84.6 Å². The first kappa shape index (κ1) is 16.8. The molecule has 0 N–H and O–H groups in total. The molecule has 0 radical (unpaired) electrons. The van der Waals surface area contributed by atoms with Crippen LogP contribution in [0.3, 0.4) is 0 Å². The minimum atomic E-state index is -0.0685. The summed E-state index contributed by atoms with van der Waals surface area (Å²) >= 11 is 0. The molecule has 26 heavy (non-hydrogen) atoms. The zero-order valence-electron chi connectivity index (χ0n) is 15.9. The van der Waals surface area contributed by atoms with Gasteiger partial charge in [-0.05, 0) is 29.7 Å². The van der Waals surface area contributed by atoms with Gasteiger partial charge in [-0.15, -0.1) is 0 Å². The zero-order valence-corrected chi connectivity index (χ0v) is 15.9. The lowest BCUT2D eigenvalue weighted by Crippen LogP contribution is -2.59. The average molecular weight is 340 g/mol. The Hall–Kier alpha value is -2.67. The first-order valence-electron chi connectivity index (χ1n) is 9.53. The Morgan fingerprint density at radius 3 is 2.12 bits per heavy atom. The number of benzene rings is 2. The molecular formula is C25H26N+. The molecular weight excluding hydrogens is 314 g/mol. The molecule has 1 aliphatic rings. The molecule has 0 spiro atoms. The summed E-state index contributed by atoms with van der Waals surface area (Å²) in [7, 11) is 0. The Labute approximate surface area is 156 Å². The predicted octanol–water partition coefficient (Wildman–Crippen LogP) is 6.16. The van der Waals surface area contributed by atoms with E-state index in [1.807, 2.05) is 0 Å². The lowest BCUT2D eigenvalue weighted by atomic mass is 9.75. The average Bonchev–Trinajstić information content (AvgIpc) is 2.70. The van der Waals surface area contributed by atoms with Gasteiger partial charge in [-0.1, -0.05) is 69.0 Å². The van der Waals surface area contributed by atoms with Crippen molar-refractivity contribution in [2.45, 2.75) is 39.2 Å². The van der Waals surface area contributed by atoms with Gasteiger partial charge in [-0.25, -0.2) is 0 Å². The molecule has 2 heterocycles. The van der Waals surface area contributed by atoms with Crippen molar-refractivity contribution in [3.63, 3.8) is 0 Å². The van der Waals surface area contributed by atoms with Crippen LogP contribution in [0.1, 0.15) is 37.8 Å². The maximum absolute atomic E-state index is 4.55. The summed E-state index contributed by atoms with van der Waals surface area (Å²) in [5, 5.41) is 0. The van der Waals surface area contributed by atoms with Crippen LogP contribution in [-0.2, 0) is 5.54 Å². The van der Waals surface area contributed by atoms with Crippen LogP contribution in [0.25, 0.3) is 28.0 Å². The lowest BCUT2D eigenvalue weighted by molar-refractivity contribution is -0.741. The monoisotopic (exact) mass is 340 g/mol. The second kappa shape index (κ2) is 6.25. The molecule has 0 aliphatic carbocycles. The van der Waals surface area contributed by atoms with Crippen LogP contribution in [0.2, 0.25) is 0 Å². The summed E-state index contributed by atoms with van der Waals surface area (Å²) in [6, 6.07) is 21.7. The van der Waals surface area contributed by atoms with Crippen LogP contribution in [0.15, 0.2) is 73.4 Å². The van der Waals surface area contributed by atoms with Gasteiger partial charge < -0.3 is 0 Å². The molecule has 4 rings (SSSR count). The molecule has 0 saturated heterocycles. The highest BCUT2D eigenvalue weighted by Gasteiger charge is 2.46. The Bertz CT molecular complexity index is 978. The van der Waals surface area contributed by atoms with Crippen molar-refractivity contribution < 1.29 is 4.57 Å². The van der Waals surface area contributed by atoms with Gasteiger partial charge in [0, 0.05) is 30.0 Å². The number of rotatable bonds is 3. The number of pyridine rings is 1. The molecule has 0 bridgehead atoms. The van der Waals surface area contributed by atoms with E-state index >= 15 is 0 Å². The number of aryl methyl sites for hydroxylation is 1. The molecule has 0 unspecified atom stereocenters. The Kier molecular flexibility index (Phi) is 4.03. The van der Waals surface area contributed by atoms with E-state index in [1.54, 1.807) is 0 Å². The van der Waals surface area contributed by atoms with E-state index in [1.165, 1.54) is 39.1 Å². The maximum Gasteiger partial charge on any atom is 0.214 e. The summed E-state index contributed by atoms with van der Waals surface area (Å²) in [5.41, 5.74) is 8.93. The number of nitrogens with zero attached hydrogens (tertiary/aromatic N) is 1. The first-order chi connectivity index (χ1) is 12.6. The van der Waals surface area contributed by atoms with Crippen molar-refractivity contribution >= 4 is 5.57 Å². The summed E-state index contributed by atoms with van der Waals surface area (Å²) in [5.74, 6) is 0. The Morgan fingerprint density at radius 2 is 1.46 bits per heavy atom. The fourth-order valence-corrected chi connectivity index (χ4v) is 4.52. The van der Waals surface area contributed by atoms with Crippen LogP contribution in [0.5, 0.6) is 0 Å². The minimum Gasteiger partial charge on any atom is -0.188 e. The van der Waals surface area contributed by atoms with E-state index in [-0.39, 0.29) is 5.54 Å². The normalized spacial score (nSPS) is 14.7. The van der Waals surface area contributed by atoms with Crippen molar-refractivity contribution in [2.24, 2.45) is 0 Å². The second-order valence-electron chi connectivity index (χ2n) is 7.25. The van der Waals surface area contributed by atoms with Crippen LogP contribution < -0.4 is 4.57 Å². The van der Waals surface area contributed by atoms with E-state index in [9.17, 15) is 0 Å². The molecule has 1 aliphatic heterocycles. The van der Waals surface area contributed by atoms with Gasteiger partial charge >= 0.3 is 0 Å².